The summed E-state index contributed by atoms with van der Waals surface area (Å²) in [6.45, 7) is 0. The van der Waals surface area contributed by atoms with E-state index in [1.807, 2.05) is 22.6 Å². The number of rotatable bonds is 2. The summed E-state index contributed by atoms with van der Waals surface area (Å²) >= 11 is 38.4. The second-order valence-electron chi connectivity index (χ2n) is 5.66. The van der Waals surface area contributed by atoms with E-state index in [1.54, 1.807) is 0 Å². The topological polar surface area (TPSA) is 12.9 Å². The van der Waals surface area contributed by atoms with Crippen LogP contribution in [0.1, 0.15) is 5.69 Å². The number of halogens is 10. The van der Waals surface area contributed by atoms with Gasteiger partial charge in [-0.05, 0) is 46.9 Å². The Kier molecular flexibility index (Phi) is 7.11. The Morgan fingerprint density at radius 2 is 1.17 bits per heavy atom. The highest BCUT2D eigenvalue weighted by atomic mass is 127. The molecule has 0 atom stereocenters. The quantitative estimate of drug-likeness (QED) is 0.203. The Labute approximate surface area is 207 Å². The van der Waals surface area contributed by atoms with Gasteiger partial charge in [0.1, 0.15) is 5.69 Å². The van der Waals surface area contributed by atoms with E-state index >= 15 is 0 Å². The van der Waals surface area contributed by atoms with Gasteiger partial charge in [0, 0.05) is 20.3 Å². The van der Waals surface area contributed by atoms with Crippen LogP contribution >= 0.6 is 92.2 Å². The van der Waals surface area contributed by atoms with Gasteiger partial charge < -0.3 is 0 Å². The monoisotopic (exact) mass is 629 g/mol. The fourth-order valence-corrected chi connectivity index (χ4v) is 4.61. The highest BCUT2D eigenvalue weighted by Gasteiger charge is 2.35. The first kappa shape index (κ1) is 23.5. The van der Waals surface area contributed by atoms with Crippen LogP contribution in [-0.4, -0.2) is 4.98 Å². The molecule has 1 heterocycles. The van der Waals surface area contributed by atoms with Crippen LogP contribution in [0.3, 0.4) is 0 Å². The van der Waals surface area contributed by atoms with Crippen molar-refractivity contribution in [3.05, 3.63) is 69.7 Å². The van der Waals surface area contributed by atoms with E-state index < -0.39 is 11.9 Å². The molecule has 0 amide bonds. The van der Waals surface area contributed by atoms with E-state index in [9.17, 15) is 13.2 Å². The number of alkyl halides is 3. The van der Waals surface area contributed by atoms with Crippen LogP contribution in [0.5, 0.6) is 0 Å². The molecule has 3 rings (SSSR count). The fraction of sp³-hybridized carbons (Fsp3) is 0.0556. The van der Waals surface area contributed by atoms with Crippen molar-refractivity contribution in [2.24, 2.45) is 0 Å². The van der Waals surface area contributed by atoms with Crippen molar-refractivity contribution in [1.82, 2.24) is 4.98 Å². The molecule has 0 unspecified atom stereocenters. The summed E-state index contributed by atoms with van der Waals surface area (Å²) in [7, 11) is 0. The molecule has 29 heavy (non-hydrogen) atoms. The largest absolute Gasteiger partial charge is 0.433 e. The molecule has 0 bridgehead atoms. The standard InChI is InChI=1S/C18H5Cl6F3IN/c19-9-3-1-6(12(21)14(9)23)8-5-11(18(25,26)27)29-17(16(8)28)7-2-4-10(20)15(24)13(7)22/h1-5H. The number of pyridine rings is 1. The maximum atomic E-state index is 13.6. The first-order valence-electron chi connectivity index (χ1n) is 7.49. The Balaban J connectivity index is 2.40. The molecule has 1 aromatic heterocycles. The molecule has 1 nitrogen and oxygen atoms in total. The van der Waals surface area contributed by atoms with Crippen LogP contribution in [0.4, 0.5) is 13.2 Å². The van der Waals surface area contributed by atoms with Crippen LogP contribution in [0.15, 0.2) is 30.3 Å². The molecule has 0 aliphatic carbocycles. The molecular weight excluding hydrogens is 627 g/mol. The number of nitrogens with zero attached hydrogens (tertiary/aromatic N) is 1. The Morgan fingerprint density at radius 3 is 1.69 bits per heavy atom. The van der Waals surface area contributed by atoms with Gasteiger partial charge in [0.2, 0.25) is 0 Å². The molecule has 0 aliphatic heterocycles. The number of benzene rings is 2. The van der Waals surface area contributed by atoms with Crippen LogP contribution in [0, 0.1) is 3.57 Å². The minimum Gasteiger partial charge on any atom is -0.242 e. The molecule has 0 aliphatic rings. The van der Waals surface area contributed by atoms with Gasteiger partial charge in [0.15, 0.2) is 0 Å². The lowest BCUT2D eigenvalue weighted by atomic mass is 10.0. The Hall–Kier alpha value is -0.150. The highest BCUT2D eigenvalue weighted by Crippen LogP contribution is 2.45. The Morgan fingerprint density at radius 1 is 0.690 bits per heavy atom. The lowest BCUT2D eigenvalue weighted by Gasteiger charge is -2.17. The van der Waals surface area contributed by atoms with Crippen molar-refractivity contribution in [3.8, 4) is 22.4 Å². The summed E-state index contributed by atoms with van der Waals surface area (Å²) in [6, 6.07) is 6.69. The first-order valence-corrected chi connectivity index (χ1v) is 10.8. The predicted octanol–water partition coefficient (Wildman–Crippen LogP) is 9.96. The van der Waals surface area contributed by atoms with Gasteiger partial charge >= 0.3 is 6.18 Å². The van der Waals surface area contributed by atoms with Crippen molar-refractivity contribution in [2.75, 3.05) is 0 Å². The molecule has 0 fully saturated rings. The van der Waals surface area contributed by atoms with Gasteiger partial charge in [0.05, 0.1) is 35.8 Å². The summed E-state index contributed by atoms with van der Waals surface area (Å²) in [5.41, 5.74) is -0.549. The number of hydrogen-bond donors (Lipinski definition) is 0. The Bertz CT molecular complexity index is 1060. The van der Waals surface area contributed by atoms with Crippen LogP contribution in [0.25, 0.3) is 22.4 Å². The molecule has 3 aromatic rings. The maximum absolute atomic E-state index is 13.6. The fourth-order valence-electron chi connectivity index (χ4n) is 2.49. The molecule has 0 saturated heterocycles. The predicted molar refractivity (Wildman–Crippen MR) is 123 cm³/mol. The summed E-state index contributed by atoms with van der Waals surface area (Å²) in [4.78, 5) is 3.78. The van der Waals surface area contributed by atoms with Crippen molar-refractivity contribution in [3.63, 3.8) is 0 Å². The lowest BCUT2D eigenvalue weighted by Crippen LogP contribution is -2.10. The smallest absolute Gasteiger partial charge is 0.242 e. The van der Waals surface area contributed by atoms with E-state index in [0.717, 1.165) is 6.07 Å². The molecule has 0 radical (unpaired) electrons. The normalized spacial score (nSPS) is 11.8. The highest BCUT2D eigenvalue weighted by molar-refractivity contribution is 14.1. The van der Waals surface area contributed by atoms with Crippen molar-refractivity contribution < 1.29 is 13.2 Å². The van der Waals surface area contributed by atoms with E-state index in [2.05, 4.69) is 4.98 Å². The van der Waals surface area contributed by atoms with Gasteiger partial charge in [0.25, 0.3) is 0 Å². The second kappa shape index (κ2) is 8.77. The summed E-state index contributed by atoms with van der Waals surface area (Å²) in [6.07, 6.45) is -4.72. The number of aromatic nitrogens is 1. The summed E-state index contributed by atoms with van der Waals surface area (Å²) in [5.74, 6) is 0. The van der Waals surface area contributed by atoms with Gasteiger partial charge in [-0.1, -0.05) is 75.7 Å². The zero-order chi connectivity index (χ0) is 21.7. The molecule has 2 aromatic carbocycles. The van der Waals surface area contributed by atoms with E-state index in [4.69, 9.17) is 69.6 Å². The van der Waals surface area contributed by atoms with Gasteiger partial charge in [-0.2, -0.15) is 13.2 Å². The zero-order valence-electron chi connectivity index (χ0n) is 13.6. The van der Waals surface area contributed by atoms with E-state index in [0.29, 0.717) is 3.57 Å². The summed E-state index contributed by atoms with van der Waals surface area (Å²) < 4.78 is 41.1. The van der Waals surface area contributed by atoms with Crippen molar-refractivity contribution >= 4 is 92.2 Å². The van der Waals surface area contributed by atoms with Gasteiger partial charge in [-0.3, -0.25) is 0 Å². The zero-order valence-corrected chi connectivity index (χ0v) is 20.3. The maximum Gasteiger partial charge on any atom is 0.433 e. The van der Waals surface area contributed by atoms with Crippen LogP contribution < -0.4 is 0 Å². The van der Waals surface area contributed by atoms with Crippen molar-refractivity contribution in [1.29, 1.82) is 0 Å². The average molecular weight is 632 g/mol. The summed E-state index contributed by atoms with van der Waals surface area (Å²) in [5, 5.41) is 0.372. The van der Waals surface area contributed by atoms with E-state index in [1.165, 1.54) is 24.3 Å². The number of hydrogen-bond acceptors (Lipinski definition) is 1. The molecular formula is C18H5Cl6F3IN. The first-order chi connectivity index (χ1) is 13.4. The van der Waals surface area contributed by atoms with Crippen LogP contribution in [0.2, 0.25) is 30.1 Å². The molecule has 0 spiro atoms. The van der Waals surface area contributed by atoms with Crippen LogP contribution in [-0.2, 0) is 6.18 Å². The average Bonchev–Trinajstić information content (AvgIpc) is 2.65. The van der Waals surface area contributed by atoms with Gasteiger partial charge in [-0.25, -0.2) is 4.98 Å². The molecule has 152 valence electrons. The molecule has 11 heteroatoms. The minimum atomic E-state index is -4.72. The third-order valence-electron chi connectivity index (χ3n) is 3.86. The second-order valence-corrected chi connectivity index (χ2v) is 9.07. The molecule has 0 N–H and O–H groups in total. The van der Waals surface area contributed by atoms with Crippen molar-refractivity contribution in [2.45, 2.75) is 6.18 Å². The van der Waals surface area contributed by atoms with Gasteiger partial charge in [-0.15, -0.1) is 0 Å². The third kappa shape index (κ3) is 4.56. The lowest BCUT2D eigenvalue weighted by molar-refractivity contribution is -0.141. The molecule has 0 saturated carbocycles. The minimum absolute atomic E-state index is 0.00923. The third-order valence-corrected chi connectivity index (χ3v) is 7.54. The SMILES string of the molecule is FC(F)(F)c1cc(-c2ccc(Cl)c(Cl)c2Cl)c(I)c(-c2ccc(Cl)c(Cl)c2Cl)n1. The van der Waals surface area contributed by atoms with E-state index in [-0.39, 0.29) is 52.5 Å².